The van der Waals surface area contributed by atoms with Gasteiger partial charge in [0.15, 0.2) is 0 Å². The van der Waals surface area contributed by atoms with Gasteiger partial charge in [0, 0.05) is 16.2 Å². The number of thiophene rings is 1. The van der Waals surface area contributed by atoms with E-state index >= 15 is 0 Å². The zero-order valence-corrected chi connectivity index (χ0v) is 10.4. The minimum absolute atomic E-state index is 0.447. The van der Waals surface area contributed by atoms with Gasteiger partial charge in [0.1, 0.15) is 0 Å². The number of nitriles is 2. The van der Waals surface area contributed by atoms with Crippen LogP contribution in [-0.2, 0) is 6.42 Å². The Labute approximate surface area is 110 Å². The summed E-state index contributed by atoms with van der Waals surface area (Å²) in [6, 6.07) is 15.1. The number of rotatable bonds is 3. The first-order valence-corrected chi connectivity index (χ1v) is 6.29. The Kier molecular flexibility index (Phi) is 3.74. The van der Waals surface area contributed by atoms with E-state index in [1.54, 1.807) is 23.5 Å². The number of hydrogen-bond donors (Lipinski definition) is 1. The molecule has 2 aromatic rings. The lowest BCUT2D eigenvalue weighted by Gasteiger charge is -1.99. The molecule has 4 heteroatoms. The maximum Gasteiger partial charge on any atom is 0.0991 e. The maximum atomic E-state index is 8.74. The molecule has 1 heterocycles. The number of nitrogens with zero attached hydrogens (tertiary/aromatic N) is 2. The van der Waals surface area contributed by atoms with Gasteiger partial charge in [0.25, 0.3) is 0 Å². The van der Waals surface area contributed by atoms with Gasteiger partial charge >= 0.3 is 0 Å². The molecule has 0 bridgehead atoms. The highest BCUT2D eigenvalue weighted by atomic mass is 32.1. The van der Waals surface area contributed by atoms with Crippen LogP contribution in [0.25, 0.3) is 10.4 Å². The van der Waals surface area contributed by atoms with Crippen LogP contribution >= 0.6 is 11.3 Å². The summed E-state index contributed by atoms with van der Waals surface area (Å²) in [5, 5.41) is 17.4. The second-order valence-corrected chi connectivity index (χ2v) is 5.06. The van der Waals surface area contributed by atoms with Crippen molar-refractivity contribution in [1.29, 1.82) is 10.5 Å². The largest absolute Gasteiger partial charge is 0.316 e. The van der Waals surface area contributed by atoms with Gasteiger partial charge < -0.3 is 5.73 Å². The van der Waals surface area contributed by atoms with Crippen LogP contribution in [0, 0.1) is 22.7 Å². The third kappa shape index (κ3) is 2.75. The molecule has 1 atom stereocenters. The van der Waals surface area contributed by atoms with Crippen molar-refractivity contribution in [3.63, 3.8) is 0 Å². The Morgan fingerprint density at radius 1 is 1.11 bits per heavy atom. The molecule has 88 valence electrons. The quantitative estimate of drug-likeness (QED) is 0.913. The smallest absolute Gasteiger partial charge is 0.0991 e. The Balaban J connectivity index is 2.19. The molecular weight excluding hydrogens is 242 g/mol. The van der Waals surface area contributed by atoms with E-state index in [4.69, 9.17) is 16.3 Å². The first kappa shape index (κ1) is 12.3. The average Bonchev–Trinajstić information content (AvgIpc) is 2.87. The third-order valence-corrected chi connectivity index (χ3v) is 3.70. The van der Waals surface area contributed by atoms with Crippen LogP contribution in [0.15, 0.2) is 36.4 Å². The highest BCUT2D eigenvalue weighted by molar-refractivity contribution is 7.15. The van der Waals surface area contributed by atoms with Gasteiger partial charge in [-0.3, -0.25) is 0 Å². The summed E-state index contributed by atoms with van der Waals surface area (Å²) in [6.45, 7) is 0. The fourth-order valence-corrected chi connectivity index (χ4v) is 2.69. The SMILES string of the molecule is N#Cc1ccc(-c2ccc(C[C@H](N)C#N)s2)cc1. The summed E-state index contributed by atoms with van der Waals surface area (Å²) >= 11 is 1.63. The topological polar surface area (TPSA) is 73.6 Å². The molecule has 0 saturated heterocycles. The Morgan fingerprint density at radius 3 is 2.44 bits per heavy atom. The van der Waals surface area contributed by atoms with Gasteiger partial charge in [-0.2, -0.15) is 10.5 Å². The zero-order valence-electron chi connectivity index (χ0n) is 9.63. The Bertz CT molecular complexity index is 614. The molecule has 2 N–H and O–H groups in total. The van der Waals surface area contributed by atoms with Gasteiger partial charge in [-0.25, -0.2) is 0 Å². The molecule has 1 aromatic carbocycles. The summed E-state index contributed by atoms with van der Waals surface area (Å²) in [5.74, 6) is 0. The van der Waals surface area contributed by atoms with Crippen LogP contribution in [0.5, 0.6) is 0 Å². The van der Waals surface area contributed by atoms with Crippen LogP contribution in [0.2, 0.25) is 0 Å². The molecule has 0 amide bonds. The van der Waals surface area contributed by atoms with Crippen molar-refractivity contribution in [2.24, 2.45) is 5.73 Å². The fraction of sp³-hybridized carbons (Fsp3) is 0.143. The van der Waals surface area contributed by atoms with E-state index in [0.29, 0.717) is 12.0 Å². The monoisotopic (exact) mass is 253 g/mol. The van der Waals surface area contributed by atoms with E-state index in [0.717, 1.165) is 15.3 Å². The van der Waals surface area contributed by atoms with Crippen molar-refractivity contribution in [2.75, 3.05) is 0 Å². The minimum atomic E-state index is -0.447. The lowest BCUT2D eigenvalue weighted by molar-refractivity contribution is 0.834. The van der Waals surface area contributed by atoms with E-state index < -0.39 is 6.04 Å². The average molecular weight is 253 g/mol. The minimum Gasteiger partial charge on any atom is -0.316 e. The molecule has 0 aliphatic carbocycles. The number of hydrogen-bond acceptors (Lipinski definition) is 4. The zero-order chi connectivity index (χ0) is 13.0. The lowest BCUT2D eigenvalue weighted by Crippen LogP contribution is -2.19. The van der Waals surface area contributed by atoms with Gasteiger partial charge in [0.05, 0.1) is 23.7 Å². The molecule has 3 nitrogen and oxygen atoms in total. The van der Waals surface area contributed by atoms with Crippen molar-refractivity contribution in [3.05, 3.63) is 46.8 Å². The predicted octanol–water partition coefficient (Wildman–Crippen LogP) is 2.68. The molecule has 0 fully saturated rings. The van der Waals surface area contributed by atoms with Gasteiger partial charge in [-0.1, -0.05) is 12.1 Å². The van der Waals surface area contributed by atoms with Crippen LogP contribution < -0.4 is 5.73 Å². The number of benzene rings is 1. The molecule has 0 spiro atoms. The van der Waals surface area contributed by atoms with Crippen molar-refractivity contribution < 1.29 is 0 Å². The Morgan fingerprint density at radius 2 is 1.83 bits per heavy atom. The second kappa shape index (κ2) is 5.46. The van der Waals surface area contributed by atoms with Crippen molar-refractivity contribution in [2.45, 2.75) is 12.5 Å². The first-order valence-electron chi connectivity index (χ1n) is 5.47. The fourth-order valence-electron chi connectivity index (χ4n) is 1.61. The van der Waals surface area contributed by atoms with Crippen molar-refractivity contribution in [1.82, 2.24) is 0 Å². The second-order valence-electron chi connectivity index (χ2n) is 3.89. The predicted molar refractivity (Wildman–Crippen MR) is 71.8 cm³/mol. The highest BCUT2D eigenvalue weighted by Gasteiger charge is 2.06. The van der Waals surface area contributed by atoms with Crippen molar-refractivity contribution in [3.8, 4) is 22.6 Å². The molecule has 0 unspecified atom stereocenters. The highest BCUT2D eigenvalue weighted by Crippen LogP contribution is 2.28. The van der Waals surface area contributed by atoms with E-state index in [9.17, 15) is 0 Å². The summed E-state index contributed by atoms with van der Waals surface area (Å²) in [7, 11) is 0. The van der Waals surface area contributed by atoms with Gasteiger partial charge in [-0.15, -0.1) is 11.3 Å². The standard InChI is InChI=1S/C14H11N3S/c15-8-10-1-3-11(4-2-10)14-6-5-13(18-14)7-12(17)9-16/h1-6,12H,7,17H2/t12-/m0/s1. The van der Waals surface area contributed by atoms with Crippen LogP contribution in [0.4, 0.5) is 0 Å². The molecule has 2 rings (SSSR count). The van der Waals surface area contributed by atoms with E-state index in [-0.39, 0.29) is 0 Å². The van der Waals surface area contributed by atoms with Gasteiger partial charge in [0.2, 0.25) is 0 Å². The van der Waals surface area contributed by atoms with E-state index in [1.165, 1.54) is 0 Å². The molecule has 18 heavy (non-hydrogen) atoms. The first-order chi connectivity index (χ1) is 8.72. The molecule has 0 aliphatic rings. The summed E-state index contributed by atoms with van der Waals surface area (Å²) in [6.07, 6.45) is 0.581. The van der Waals surface area contributed by atoms with Crippen LogP contribution in [0.1, 0.15) is 10.4 Å². The molecular formula is C14H11N3S. The number of nitrogens with two attached hydrogens (primary N) is 1. The third-order valence-electron chi connectivity index (χ3n) is 2.55. The lowest BCUT2D eigenvalue weighted by atomic mass is 10.1. The summed E-state index contributed by atoms with van der Waals surface area (Å²) < 4.78 is 0. The molecule has 1 aromatic heterocycles. The molecule has 0 saturated carbocycles. The van der Waals surface area contributed by atoms with E-state index in [1.807, 2.05) is 30.3 Å². The van der Waals surface area contributed by atoms with Crippen LogP contribution in [0.3, 0.4) is 0 Å². The van der Waals surface area contributed by atoms with Crippen molar-refractivity contribution >= 4 is 11.3 Å². The van der Waals surface area contributed by atoms with Gasteiger partial charge in [-0.05, 0) is 29.8 Å². The summed E-state index contributed by atoms with van der Waals surface area (Å²) in [4.78, 5) is 2.23. The normalized spacial score (nSPS) is 11.5. The molecule has 0 radical (unpaired) electrons. The Hall–Kier alpha value is -2.14. The maximum absolute atomic E-state index is 8.74. The van der Waals surface area contributed by atoms with Crippen LogP contribution in [-0.4, -0.2) is 6.04 Å². The summed E-state index contributed by atoms with van der Waals surface area (Å²) in [5.41, 5.74) is 7.33. The molecule has 0 aliphatic heterocycles. The van der Waals surface area contributed by atoms with E-state index in [2.05, 4.69) is 6.07 Å².